The van der Waals surface area contributed by atoms with E-state index in [-0.39, 0.29) is 36.9 Å². The van der Waals surface area contributed by atoms with Gasteiger partial charge in [0.2, 0.25) is 11.8 Å². The van der Waals surface area contributed by atoms with Crippen molar-refractivity contribution in [2.45, 2.75) is 38.0 Å². The normalized spacial score (nSPS) is 22.7. The lowest BCUT2D eigenvalue weighted by Crippen LogP contribution is -2.43. The van der Waals surface area contributed by atoms with Gasteiger partial charge in [0.15, 0.2) is 0 Å². The summed E-state index contributed by atoms with van der Waals surface area (Å²) in [7, 11) is 1.52. The number of rotatable bonds is 6. The molecule has 2 rings (SSSR count). The van der Waals surface area contributed by atoms with E-state index in [2.05, 4.69) is 5.32 Å². The topological polar surface area (TPSA) is 84.7 Å². The number of ether oxygens (including phenoxy) is 1. The summed E-state index contributed by atoms with van der Waals surface area (Å²) < 4.78 is 5.09. The summed E-state index contributed by atoms with van der Waals surface area (Å²) in [6.45, 7) is 2.25. The Labute approximate surface area is 130 Å². The highest BCUT2D eigenvalue weighted by atomic mass is 16.5. The SMILES string of the molecule is COC(CN)CC(=O)NC1CC(C)N(c2ccccc2)C1=O. The fourth-order valence-electron chi connectivity index (χ4n) is 2.75. The Bertz CT molecular complexity index is 517. The number of nitrogens with one attached hydrogen (secondary N) is 1. The second-order valence-electron chi connectivity index (χ2n) is 5.55. The maximum absolute atomic E-state index is 12.5. The smallest absolute Gasteiger partial charge is 0.249 e. The molecule has 6 nitrogen and oxygen atoms in total. The number of amides is 2. The third kappa shape index (κ3) is 3.64. The standard InChI is InChI=1S/C16H23N3O3/c1-11-8-14(18-15(20)9-13(10-17)22-2)16(21)19(11)12-6-4-3-5-7-12/h3-7,11,13-14H,8-10,17H2,1-2H3,(H,18,20). The van der Waals surface area contributed by atoms with Crippen molar-refractivity contribution in [2.24, 2.45) is 5.73 Å². The van der Waals surface area contributed by atoms with Gasteiger partial charge in [-0.15, -0.1) is 0 Å². The first-order valence-corrected chi connectivity index (χ1v) is 7.47. The molecule has 1 aromatic rings. The van der Waals surface area contributed by atoms with E-state index < -0.39 is 6.04 Å². The largest absolute Gasteiger partial charge is 0.380 e. The molecule has 120 valence electrons. The Morgan fingerprint density at radius 3 is 2.73 bits per heavy atom. The second kappa shape index (κ2) is 7.38. The Hall–Kier alpha value is -1.92. The van der Waals surface area contributed by atoms with Gasteiger partial charge in [0, 0.05) is 25.4 Å². The van der Waals surface area contributed by atoms with Gasteiger partial charge in [0.25, 0.3) is 0 Å². The van der Waals surface area contributed by atoms with Crippen LogP contribution in [0.1, 0.15) is 19.8 Å². The number of hydrogen-bond acceptors (Lipinski definition) is 4. The van der Waals surface area contributed by atoms with Crippen LogP contribution in [0.2, 0.25) is 0 Å². The van der Waals surface area contributed by atoms with Crippen LogP contribution in [0.25, 0.3) is 0 Å². The maximum Gasteiger partial charge on any atom is 0.249 e. The van der Waals surface area contributed by atoms with Crippen LogP contribution in [0.5, 0.6) is 0 Å². The maximum atomic E-state index is 12.5. The van der Waals surface area contributed by atoms with Gasteiger partial charge >= 0.3 is 0 Å². The van der Waals surface area contributed by atoms with Gasteiger partial charge in [0.05, 0.1) is 12.5 Å². The van der Waals surface area contributed by atoms with Crippen molar-refractivity contribution in [2.75, 3.05) is 18.6 Å². The van der Waals surface area contributed by atoms with Gasteiger partial charge in [-0.25, -0.2) is 0 Å². The molecule has 0 spiro atoms. The average molecular weight is 305 g/mol. The van der Waals surface area contributed by atoms with Crippen molar-refractivity contribution in [1.82, 2.24) is 5.32 Å². The molecular formula is C16H23N3O3. The molecule has 1 heterocycles. The van der Waals surface area contributed by atoms with E-state index in [0.29, 0.717) is 6.42 Å². The van der Waals surface area contributed by atoms with Crippen molar-refractivity contribution < 1.29 is 14.3 Å². The number of benzene rings is 1. The predicted octanol–water partition coefficient (Wildman–Crippen LogP) is 0.660. The Morgan fingerprint density at radius 1 is 1.45 bits per heavy atom. The van der Waals surface area contributed by atoms with Crippen LogP contribution in [0.15, 0.2) is 30.3 Å². The lowest BCUT2D eigenvalue weighted by atomic mass is 10.1. The highest BCUT2D eigenvalue weighted by Gasteiger charge is 2.38. The Morgan fingerprint density at radius 2 is 2.14 bits per heavy atom. The van der Waals surface area contributed by atoms with Crippen LogP contribution < -0.4 is 16.0 Å². The lowest BCUT2D eigenvalue weighted by molar-refractivity contribution is -0.128. The molecular weight excluding hydrogens is 282 g/mol. The zero-order valence-electron chi connectivity index (χ0n) is 13.0. The quantitative estimate of drug-likeness (QED) is 0.808. The summed E-state index contributed by atoms with van der Waals surface area (Å²) in [5.41, 5.74) is 6.36. The van der Waals surface area contributed by atoms with Crippen molar-refractivity contribution in [3.63, 3.8) is 0 Å². The predicted molar refractivity (Wildman–Crippen MR) is 84.4 cm³/mol. The van der Waals surface area contributed by atoms with Crippen LogP contribution in [-0.4, -0.2) is 43.7 Å². The van der Waals surface area contributed by atoms with Gasteiger partial charge < -0.3 is 20.7 Å². The number of anilines is 1. The van der Waals surface area contributed by atoms with Crippen molar-refractivity contribution in [3.8, 4) is 0 Å². The Balaban J connectivity index is 2.00. The molecule has 1 saturated heterocycles. The molecule has 0 saturated carbocycles. The molecule has 1 aromatic carbocycles. The number of carbonyl (C=O) groups excluding carboxylic acids is 2. The molecule has 3 unspecified atom stereocenters. The molecule has 1 fully saturated rings. The summed E-state index contributed by atoms with van der Waals surface area (Å²) in [6, 6.07) is 9.05. The van der Waals surface area contributed by atoms with E-state index in [1.165, 1.54) is 7.11 Å². The summed E-state index contributed by atoms with van der Waals surface area (Å²) in [6.07, 6.45) is 0.440. The van der Waals surface area contributed by atoms with Gasteiger partial charge in [-0.05, 0) is 25.5 Å². The van der Waals surface area contributed by atoms with Gasteiger partial charge in [-0.3, -0.25) is 9.59 Å². The van der Waals surface area contributed by atoms with Crippen molar-refractivity contribution in [3.05, 3.63) is 30.3 Å². The minimum atomic E-state index is -0.488. The monoisotopic (exact) mass is 305 g/mol. The summed E-state index contributed by atoms with van der Waals surface area (Å²) in [5, 5.41) is 2.79. The summed E-state index contributed by atoms with van der Waals surface area (Å²) in [4.78, 5) is 26.3. The fourth-order valence-corrected chi connectivity index (χ4v) is 2.75. The molecule has 1 aliphatic heterocycles. The first kappa shape index (κ1) is 16.5. The molecule has 6 heteroatoms. The summed E-state index contributed by atoms with van der Waals surface area (Å²) in [5.74, 6) is -0.286. The highest BCUT2D eigenvalue weighted by Crippen LogP contribution is 2.26. The van der Waals surface area contributed by atoms with Crippen molar-refractivity contribution >= 4 is 17.5 Å². The van der Waals surface area contributed by atoms with E-state index in [1.807, 2.05) is 37.3 Å². The number of para-hydroxylation sites is 1. The number of methoxy groups -OCH3 is 1. The molecule has 2 amide bonds. The molecule has 3 atom stereocenters. The molecule has 0 aliphatic carbocycles. The van der Waals surface area contributed by atoms with Gasteiger partial charge in [-0.1, -0.05) is 18.2 Å². The third-order valence-corrected chi connectivity index (χ3v) is 3.93. The molecule has 22 heavy (non-hydrogen) atoms. The zero-order chi connectivity index (χ0) is 16.1. The van der Waals surface area contributed by atoms with Gasteiger partial charge in [-0.2, -0.15) is 0 Å². The minimum Gasteiger partial charge on any atom is -0.380 e. The van der Waals surface area contributed by atoms with Gasteiger partial charge in [0.1, 0.15) is 6.04 Å². The summed E-state index contributed by atoms with van der Waals surface area (Å²) >= 11 is 0. The fraction of sp³-hybridized carbons (Fsp3) is 0.500. The third-order valence-electron chi connectivity index (χ3n) is 3.93. The van der Waals surface area contributed by atoms with E-state index in [9.17, 15) is 9.59 Å². The van der Waals surface area contributed by atoms with Crippen LogP contribution in [-0.2, 0) is 14.3 Å². The zero-order valence-corrected chi connectivity index (χ0v) is 13.0. The number of hydrogen-bond donors (Lipinski definition) is 2. The van der Waals surface area contributed by atoms with Crippen molar-refractivity contribution in [1.29, 1.82) is 0 Å². The Kier molecular flexibility index (Phi) is 5.51. The molecule has 1 aliphatic rings. The van der Waals surface area contributed by atoms with Crippen LogP contribution >= 0.6 is 0 Å². The van der Waals surface area contributed by atoms with Crippen LogP contribution in [0.4, 0.5) is 5.69 Å². The lowest BCUT2D eigenvalue weighted by Gasteiger charge is -2.21. The van der Waals surface area contributed by atoms with E-state index in [1.54, 1.807) is 4.90 Å². The number of carbonyl (C=O) groups is 2. The second-order valence-corrected chi connectivity index (χ2v) is 5.55. The number of nitrogens with two attached hydrogens (primary N) is 1. The van der Waals surface area contributed by atoms with E-state index in [0.717, 1.165) is 5.69 Å². The van der Waals surface area contributed by atoms with Crippen LogP contribution in [0.3, 0.4) is 0 Å². The molecule has 0 bridgehead atoms. The first-order valence-electron chi connectivity index (χ1n) is 7.47. The highest BCUT2D eigenvalue weighted by molar-refractivity contribution is 6.02. The minimum absolute atomic E-state index is 0.0490. The average Bonchev–Trinajstić information content (AvgIpc) is 2.79. The molecule has 0 aromatic heterocycles. The molecule has 3 N–H and O–H groups in total. The van der Waals surface area contributed by atoms with E-state index >= 15 is 0 Å². The first-order chi connectivity index (χ1) is 10.6. The molecule has 0 radical (unpaired) electrons. The van der Waals surface area contributed by atoms with E-state index in [4.69, 9.17) is 10.5 Å². The van der Waals surface area contributed by atoms with Crippen LogP contribution in [0, 0.1) is 0 Å². The number of nitrogens with zero attached hydrogens (tertiary/aromatic N) is 1.